The first-order valence-corrected chi connectivity index (χ1v) is 8.97. The standard InChI is InChI=1S/C20H23FN4O3/c1-13-14(5-3-7-24-13)11-27-16-9-25(10-16)17-6-2-4-15(20(17)21)12-28-19(26)8-18(22)23/h2-7,16H,8-12H2,1H3,(H3,22,23). The summed E-state index contributed by atoms with van der Waals surface area (Å²) >= 11 is 0. The zero-order valence-corrected chi connectivity index (χ0v) is 15.7. The molecular formula is C20H23FN4O3. The van der Waals surface area contributed by atoms with Gasteiger partial charge in [-0.2, -0.15) is 0 Å². The second-order valence-corrected chi connectivity index (χ2v) is 6.70. The summed E-state index contributed by atoms with van der Waals surface area (Å²) in [6.45, 7) is 3.40. The van der Waals surface area contributed by atoms with Crippen molar-refractivity contribution in [1.82, 2.24) is 4.98 Å². The molecule has 0 spiro atoms. The highest BCUT2D eigenvalue weighted by atomic mass is 19.1. The quantitative estimate of drug-likeness (QED) is 0.410. The van der Waals surface area contributed by atoms with Crippen LogP contribution in [0.2, 0.25) is 0 Å². The summed E-state index contributed by atoms with van der Waals surface area (Å²) in [5, 5.41) is 7.07. The molecule has 0 atom stereocenters. The molecule has 2 heterocycles. The largest absolute Gasteiger partial charge is 0.460 e. The van der Waals surface area contributed by atoms with Gasteiger partial charge in [-0.25, -0.2) is 4.39 Å². The van der Waals surface area contributed by atoms with E-state index in [1.165, 1.54) is 0 Å². The third-order valence-corrected chi connectivity index (χ3v) is 4.56. The Morgan fingerprint density at radius 3 is 2.75 bits per heavy atom. The third kappa shape index (κ3) is 4.83. The molecule has 2 aromatic rings. The minimum Gasteiger partial charge on any atom is -0.460 e. The van der Waals surface area contributed by atoms with Gasteiger partial charge in [0.1, 0.15) is 18.9 Å². The van der Waals surface area contributed by atoms with Crippen molar-refractivity contribution >= 4 is 17.5 Å². The second-order valence-electron chi connectivity index (χ2n) is 6.70. The second kappa shape index (κ2) is 8.79. The van der Waals surface area contributed by atoms with Gasteiger partial charge in [-0.05, 0) is 24.6 Å². The van der Waals surface area contributed by atoms with E-state index in [-0.39, 0.29) is 30.5 Å². The molecule has 28 heavy (non-hydrogen) atoms. The SMILES string of the molecule is Cc1ncccc1COC1CN(c2cccc(COC(=O)CC(=N)N)c2F)C1. The number of carbonyl (C=O) groups is 1. The lowest BCUT2D eigenvalue weighted by molar-refractivity contribution is -0.143. The number of pyridine rings is 1. The van der Waals surface area contributed by atoms with Gasteiger partial charge < -0.3 is 20.1 Å². The molecule has 3 N–H and O–H groups in total. The van der Waals surface area contributed by atoms with Gasteiger partial charge in [-0.15, -0.1) is 0 Å². The van der Waals surface area contributed by atoms with Crippen molar-refractivity contribution in [1.29, 1.82) is 5.41 Å². The van der Waals surface area contributed by atoms with Crippen molar-refractivity contribution in [3.63, 3.8) is 0 Å². The number of carbonyl (C=O) groups excluding carboxylic acids is 1. The summed E-state index contributed by atoms with van der Waals surface area (Å²) in [5.74, 6) is -1.35. The number of nitrogens with two attached hydrogens (primary N) is 1. The number of ether oxygens (including phenoxy) is 2. The average molecular weight is 386 g/mol. The average Bonchev–Trinajstić information content (AvgIpc) is 2.61. The van der Waals surface area contributed by atoms with E-state index in [1.54, 1.807) is 24.4 Å². The van der Waals surface area contributed by atoms with Gasteiger partial charge >= 0.3 is 5.97 Å². The van der Waals surface area contributed by atoms with Crippen LogP contribution in [0.15, 0.2) is 36.5 Å². The zero-order chi connectivity index (χ0) is 20.1. The van der Waals surface area contributed by atoms with Crippen molar-refractivity contribution in [2.45, 2.75) is 32.7 Å². The first-order chi connectivity index (χ1) is 13.4. The maximum absolute atomic E-state index is 14.7. The minimum atomic E-state index is -0.652. The van der Waals surface area contributed by atoms with Gasteiger partial charge in [0.2, 0.25) is 0 Å². The molecule has 1 aliphatic rings. The van der Waals surface area contributed by atoms with Crippen LogP contribution in [0.3, 0.4) is 0 Å². The Morgan fingerprint density at radius 2 is 2.04 bits per heavy atom. The highest BCUT2D eigenvalue weighted by molar-refractivity contribution is 5.94. The smallest absolute Gasteiger partial charge is 0.313 e. The van der Waals surface area contributed by atoms with Crippen LogP contribution in [0.5, 0.6) is 0 Å². The summed E-state index contributed by atoms with van der Waals surface area (Å²) in [6.07, 6.45) is 1.47. The Kier molecular flexibility index (Phi) is 6.20. The van der Waals surface area contributed by atoms with E-state index in [9.17, 15) is 9.18 Å². The van der Waals surface area contributed by atoms with E-state index in [4.69, 9.17) is 20.6 Å². The van der Waals surface area contributed by atoms with Crippen molar-refractivity contribution < 1.29 is 18.7 Å². The molecule has 1 aromatic heterocycles. The summed E-state index contributed by atoms with van der Waals surface area (Å²) in [6, 6.07) is 8.84. The Hall–Kier alpha value is -3.00. The molecule has 1 aromatic carbocycles. The molecule has 3 rings (SSSR count). The third-order valence-electron chi connectivity index (χ3n) is 4.56. The molecular weight excluding hydrogens is 363 g/mol. The van der Waals surface area contributed by atoms with E-state index >= 15 is 0 Å². The van der Waals surface area contributed by atoms with Gasteiger partial charge in [-0.1, -0.05) is 18.2 Å². The molecule has 0 radical (unpaired) electrons. The molecule has 0 unspecified atom stereocenters. The Morgan fingerprint density at radius 1 is 1.29 bits per heavy atom. The highest BCUT2D eigenvalue weighted by Crippen LogP contribution is 2.28. The molecule has 0 bridgehead atoms. The number of nitrogens with zero attached hydrogens (tertiary/aromatic N) is 2. The molecule has 0 saturated carbocycles. The Balaban J connectivity index is 1.52. The van der Waals surface area contributed by atoms with E-state index < -0.39 is 11.8 Å². The predicted octanol–water partition coefficient (Wildman–Crippen LogP) is 2.30. The number of aromatic nitrogens is 1. The Bertz CT molecular complexity index is 868. The maximum Gasteiger partial charge on any atom is 0.313 e. The van der Waals surface area contributed by atoms with Crippen LogP contribution in [0.1, 0.15) is 23.2 Å². The van der Waals surface area contributed by atoms with E-state index in [0.29, 0.717) is 25.4 Å². The number of nitrogens with one attached hydrogen (secondary N) is 1. The number of amidine groups is 1. The number of hydrogen-bond donors (Lipinski definition) is 2. The van der Waals surface area contributed by atoms with Crippen LogP contribution < -0.4 is 10.6 Å². The number of benzene rings is 1. The van der Waals surface area contributed by atoms with Crippen LogP contribution in [-0.4, -0.2) is 36.0 Å². The van der Waals surface area contributed by atoms with E-state index in [1.807, 2.05) is 24.0 Å². The first kappa shape index (κ1) is 19.8. The number of halogens is 1. The first-order valence-electron chi connectivity index (χ1n) is 8.97. The molecule has 148 valence electrons. The fourth-order valence-electron chi connectivity index (χ4n) is 2.90. The zero-order valence-electron chi connectivity index (χ0n) is 15.7. The van der Waals surface area contributed by atoms with Gasteiger partial charge in [0.05, 0.1) is 18.4 Å². The number of hydrogen-bond acceptors (Lipinski definition) is 6. The summed E-state index contributed by atoms with van der Waals surface area (Å²) in [4.78, 5) is 17.6. The van der Waals surface area contributed by atoms with E-state index in [0.717, 1.165) is 11.3 Å². The molecule has 1 aliphatic heterocycles. The predicted molar refractivity (Wildman–Crippen MR) is 102 cm³/mol. The molecule has 1 saturated heterocycles. The topological polar surface area (TPSA) is 102 Å². The number of aryl methyl sites for hydroxylation is 1. The van der Waals surface area contributed by atoms with Crippen LogP contribution in [0.25, 0.3) is 0 Å². The van der Waals surface area contributed by atoms with Gasteiger partial charge in [0.15, 0.2) is 5.82 Å². The maximum atomic E-state index is 14.7. The molecule has 0 aliphatic carbocycles. The van der Waals surface area contributed by atoms with Crippen molar-refractivity contribution in [3.05, 3.63) is 59.2 Å². The van der Waals surface area contributed by atoms with Crippen LogP contribution in [0.4, 0.5) is 10.1 Å². The fourth-order valence-corrected chi connectivity index (χ4v) is 2.90. The minimum absolute atomic E-state index is 0.0241. The lowest BCUT2D eigenvalue weighted by Gasteiger charge is -2.41. The number of rotatable bonds is 8. The molecule has 7 nitrogen and oxygen atoms in total. The summed E-state index contributed by atoms with van der Waals surface area (Å²) < 4.78 is 25.6. The van der Waals surface area contributed by atoms with Crippen LogP contribution in [0, 0.1) is 18.2 Å². The molecule has 0 amide bonds. The monoisotopic (exact) mass is 386 g/mol. The van der Waals surface area contributed by atoms with Crippen molar-refractivity contribution in [2.24, 2.45) is 5.73 Å². The van der Waals surface area contributed by atoms with E-state index in [2.05, 4.69) is 4.98 Å². The van der Waals surface area contributed by atoms with Gasteiger partial charge in [-0.3, -0.25) is 15.2 Å². The number of esters is 1. The number of anilines is 1. The lowest BCUT2D eigenvalue weighted by atomic mass is 10.1. The normalized spacial score (nSPS) is 13.9. The van der Waals surface area contributed by atoms with Gasteiger partial charge in [0, 0.05) is 30.5 Å². The van der Waals surface area contributed by atoms with Crippen LogP contribution >= 0.6 is 0 Å². The fraction of sp³-hybridized carbons (Fsp3) is 0.350. The highest BCUT2D eigenvalue weighted by Gasteiger charge is 2.30. The Labute approximate surface area is 162 Å². The van der Waals surface area contributed by atoms with Gasteiger partial charge in [0.25, 0.3) is 0 Å². The summed E-state index contributed by atoms with van der Waals surface area (Å²) in [7, 11) is 0. The molecule has 8 heteroatoms. The molecule has 1 fully saturated rings. The van der Waals surface area contributed by atoms with Crippen LogP contribution in [-0.2, 0) is 27.5 Å². The lowest BCUT2D eigenvalue weighted by Crippen LogP contribution is -2.52. The van der Waals surface area contributed by atoms with Crippen molar-refractivity contribution in [3.8, 4) is 0 Å². The summed E-state index contributed by atoms with van der Waals surface area (Å²) in [5.41, 5.74) is 7.87. The van der Waals surface area contributed by atoms with Crippen molar-refractivity contribution in [2.75, 3.05) is 18.0 Å².